The molecule has 188 valence electrons. The van der Waals surface area contributed by atoms with Crippen molar-refractivity contribution >= 4 is 40.5 Å². The summed E-state index contributed by atoms with van der Waals surface area (Å²) in [5.74, 6) is 1.25. The Labute approximate surface area is 223 Å². The third-order valence-electron chi connectivity index (χ3n) is 7.51. The summed E-state index contributed by atoms with van der Waals surface area (Å²) in [6.45, 7) is 3.02. The minimum atomic E-state index is 0.130. The van der Waals surface area contributed by atoms with E-state index in [1.165, 1.54) is 16.8 Å². The zero-order chi connectivity index (χ0) is 25.2. The summed E-state index contributed by atoms with van der Waals surface area (Å²) < 4.78 is 5.52. The quantitative estimate of drug-likeness (QED) is 0.374. The van der Waals surface area contributed by atoms with Gasteiger partial charge in [0.25, 0.3) is 0 Å². The van der Waals surface area contributed by atoms with Crippen LogP contribution in [0.15, 0.2) is 66.7 Å². The summed E-state index contributed by atoms with van der Waals surface area (Å²) in [5.41, 5.74) is 4.65. The van der Waals surface area contributed by atoms with Crippen LogP contribution in [0.4, 0.5) is 11.4 Å². The fourth-order valence-corrected chi connectivity index (χ4v) is 5.99. The highest BCUT2D eigenvalue weighted by Crippen LogP contribution is 2.51. The van der Waals surface area contributed by atoms with Crippen LogP contribution in [0, 0.1) is 0 Å². The van der Waals surface area contributed by atoms with E-state index in [-0.39, 0.29) is 17.9 Å². The number of likely N-dealkylation sites (N-methyl/N-ethyl adjacent to an activating group) is 1. The Balaban J connectivity index is 1.28. The van der Waals surface area contributed by atoms with E-state index in [2.05, 4.69) is 47.2 Å². The maximum Gasteiger partial charge on any atom is 0.222 e. The van der Waals surface area contributed by atoms with Gasteiger partial charge in [0.2, 0.25) is 5.91 Å². The molecule has 0 spiro atoms. The van der Waals surface area contributed by atoms with Gasteiger partial charge in [-0.1, -0.05) is 47.5 Å². The van der Waals surface area contributed by atoms with Crippen LogP contribution in [0.1, 0.15) is 35.9 Å². The van der Waals surface area contributed by atoms with Gasteiger partial charge in [-0.15, -0.1) is 0 Å². The number of hydrogen-bond donors (Lipinski definition) is 0. The number of methoxy groups -OCH3 is 1. The lowest BCUT2D eigenvalue weighted by atomic mass is 9.86. The highest BCUT2D eigenvalue weighted by atomic mass is 35.5. The van der Waals surface area contributed by atoms with Gasteiger partial charge in [0, 0.05) is 61.3 Å². The average Bonchev–Trinajstić information content (AvgIpc) is 3.18. The maximum absolute atomic E-state index is 13.3. The molecule has 3 aromatic carbocycles. The highest BCUT2D eigenvalue weighted by Gasteiger charge is 2.38. The normalized spacial score (nSPS) is 19.4. The smallest absolute Gasteiger partial charge is 0.222 e. The molecule has 3 aromatic rings. The van der Waals surface area contributed by atoms with Crippen molar-refractivity contribution in [3.63, 3.8) is 0 Å². The third-order valence-corrected chi connectivity index (χ3v) is 7.99. The molecule has 5 rings (SSSR count). The van der Waals surface area contributed by atoms with Crippen LogP contribution in [-0.2, 0) is 4.79 Å². The number of benzene rings is 3. The van der Waals surface area contributed by atoms with Gasteiger partial charge in [0.15, 0.2) is 0 Å². The van der Waals surface area contributed by atoms with Crippen molar-refractivity contribution in [2.24, 2.45) is 0 Å². The Hall–Kier alpha value is -2.89. The summed E-state index contributed by atoms with van der Waals surface area (Å²) in [4.78, 5) is 19.9. The minimum Gasteiger partial charge on any atom is -0.495 e. The van der Waals surface area contributed by atoms with Crippen molar-refractivity contribution in [1.82, 2.24) is 4.90 Å². The van der Waals surface area contributed by atoms with E-state index < -0.39 is 0 Å². The zero-order valence-electron chi connectivity index (χ0n) is 20.7. The second-order valence-electron chi connectivity index (χ2n) is 9.50. The van der Waals surface area contributed by atoms with Crippen molar-refractivity contribution in [1.29, 1.82) is 0 Å². The molecule has 2 aliphatic rings. The predicted octanol–water partition coefficient (Wildman–Crippen LogP) is 6.41. The van der Waals surface area contributed by atoms with E-state index in [0.29, 0.717) is 19.5 Å². The summed E-state index contributed by atoms with van der Waals surface area (Å²) in [6.07, 6.45) is 1.26. The van der Waals surface area contributed by atoms with E-state index >= 15 is 0 Å². The minimum absolute atomic E-state index is 0.130. The van der Waals surface area contributed by atoms with Gasteiger partial charge in [0.1, 0.15) is 5.75 Å². The third kappa shape index (κ3) is 4.87. The van der Waals surface area contributed by atoms with E-state index in [1.54, 1.807) is 7.11 Å². The topological polar surface area (TPSA) is 36.0 Å². The molecule has 0 unspecified atom stereocenters. The van der Waals surface area contributed by atoms with Crippen molar-refractivity contribution in [3.05, 3.63) is 87.9 Å². The molecule has 5 nitrogen and oxygen atoms in total. The van der Waals surface area contributed by atoms with Crippen molar-refractivity contribution in [3.8, 4) is 5.75 Å². The fourth-order valence-electron chi connectivity index (χ4n) is 5.69. The number of ether oxygens (including phenoxy) is 1. The van der Waals surface area contributed by atoms with Crippen LogP contribution >= 0.6 is 23.2 Å². The molecule has 36 heavy (non-hydrogen) atoms. The molecule has 1 saturated heterocycles. The van der Waals surface area contributed by atoms with Crippen molar-refractivity contribution < 1.29 is 9.53 Å². The number of piperazine rings is 1. The number of anilines is 2. The predicted molar refractivity (Wildman–Crippen MR) is 148 cm³/mol. The Morgan fingerprint density at radius 2 is 1.61 bits per heavy atom. The SMILES string of the molecule is COc1ccccc1N1CCN(C(=O)CC[C@@H]2c3cc(Cl)ccc3N(C)[C@H]2c2ccc(Cl)cc2)CC1. The molecule has 0 aromatic heterocycles. The highest BCUT2D eigenvalue weighted by molar-refractivity contribution is 6.31. The van der Waals surface area contributed by atoms with E-state index in [0.717, 1.165) is 41.0 Å². The summed E-state index contributed by atoms with van der Waals surface area (Å²) in [6, 6.07) is 22.3. The number of fused-ring (bicyclic) bond motifs is 1. The number of amides is 1. The van der Waals surface area contributed by atoms with Crippen LogP contribution in [0.25, 0.3) is 0 Å². The van der Waals surface area contributed by atoms with E-state index in [9.17, 15) is 4.79 Å². The molecule has 1 amide bonds. The Bertz CT molecular complexity index is 1230. The molecule has 1 fully saturated rings. The molecule has 7 heteroatoms. The first kappa shape index (κ1) is 24.8. The first-order chi connectivity index (χ1) is 17.5. The summed E-state index contributed by atoms with van der Waals surface area (Å²) in [5, 5.41) is 1.45. The molecule has 2 aliphatic heterocycles. The lowest BCUT2D eigenvalue weighted by Crippen LogP contribution is -2.48. The number of carbonyl (C=O) groups excluding carboxylic acids is 1. The van der Waals surface area contributed by atoms with Gasteiger partial charge in [-0.2, -0.15) is 0 Å². The molecule has 2 atom stereocenters. The summed E-state index contributed by atoms with van der Waals surface area (Å²) >= 11 is 12.6. The largest absolute Gasteiger partial charge is 0.495 e. The number of halogens is 2. The molecule has 2 heterocycles. The van der Waals surface area contributed by atoms with Crippen molar-refractivity contribution in [2.45, 2.75) is 24.8 Å². The van der Waals surface area contributed by atoms with E-state index in [1.807, 2.05) is 41.3 Å². The molecule has 0 saturated carbocycles. The van der Waals surface area contributed by atoms with Crippen LogP contribution in [-0.4, -0.2) is 51.1 Å². The number of hydrogen-bond acceptors (Lipinski definition) is 4. The van der Waals surface area contributed by atoms with Crippen LogP contribution in [0.5, 0.6) is 5.75 Å². The van der Waals surface area contributed by atoms with Gasteiger partial charge in [-0.25, -0.2) is 0 Å². The lowest BCUT2D eigenvalue weighted by Gasteiger charge is -2.37. The van der Waals surface area contributed by atoms with Gasteiger partial charge in [-0.05, 0) is 60.0 Å². The second kappa shape index (κ2) is 10.6. The molecule has 0 bridgehead atoms. The van der Waals surface area contributed by atoms with Crippen LogP contribution in [0.3, 0.4) is 0 Å². The fraction of sp³-hybridized carbons (Fsp3) is 0.345. The molecule has 0 aliphatic carbocycles. The van der Waals surface area contributed by atoms with Crippen LogP contribution < -0.4 is 14.5 Å². The molecule has 0 N–H and O–H groups in total. The lowest BCUT2D eigenvalue weighted by molar-refractivity contribution is -0.131. The Morgan fingerprint density at radius 3 is 2.33 bits per heavy atom. The number of nitrogens with zero attached hydrogens (tertiary/aromatic N) is 3. The molecular formula is C29H31Cl2N3O2. The molecule has 0 radical (unpaired) electrons. The maximum atomic E-state index is 13.3. The van der Waals surface area contributed by atoms with Gasteiger partial charge in [-0.3, -0.25) is 4.79 Å². The number of carbonyl (C=O) groups is 1. The Morgan fingerprint density at radius 1 is 0.917 bits per heavy atom. The Kier molecular flexibility index (Phi) is 7.31. The summed E-state index contributed by atoms with van der Waals surface area (Å²) in [7, 11) is 3.81. The van der Waals surface area contributed by atoms with Gasteiger partial charge < -0.3 is 19.4 Å². The first-order valence-electron chi connectivity index (χ1n) is 12.4. The van der Waals surface area contributed by atoms with Gasteiger partial charge in [0.05, 0.1) is 18.8 Å². The number of rotatable bonds is 6. The number of para-hydroxylation sites is 2. The second-order valence-corrected chi connectivity index (χ2v) is 10.4. The first-order valence-corrected chi connectivity index (χ1v) is 13.2. The average molecular weight is 524 g/mol. The standard InChI is InChI=1S/C29H31Cl2N3O2/c1-32-25-13-11-22(31)19-24(25)23(29(32)20-7-9-21(30)10-8-20)12-14-28(35)34-17-15-33(16-18-34)26-5-3-4-6-27(26)36-2/h3-11,13,19,23,29H,12,14-18H2,1-2H3/t23-,29+/m1/s1. The van der Waals surface area contributed by atoms with Crippen LogP contribution in [0.2, 0.25) is 10.0 Å². The molecular weight excluding hydrogens is 493 g/mol. The zero-order valence-corrected chi connectivity index (χ0v) is 22.2. The monoisotopic (exact) mass is 523 g/mol. The van der Waals surface area contributed by atoms with Gasteiger partial charge >= 0.3 is 0 Å². The van der Waals surface area contributed by atoms with Crippen molar-refractivity contribution in [2.75, 3.05) is 50.1 Å². The van der Waals surface area contributed by atoms with E-state index in [4.69, 9.17) is 27.9 Å².